The standard InChI is InChI=1S/C22H33NO6.C19H21N3O6.C14H17NO6.C5H8N2O2.2CH4.ClH.S18/c1-6-8-13-27-20(25)16-11-10-12-17(19(16)21(26)28-14-9-7-2)23-15-18(24)29-22(3,4)5;1-19(2,3)28-14(24)9-20-11-6-4-5-10-15(11)18(27)22(17(10)26)12-7-8-13(23)21-16(12)25;1-14(2,3)21-10(16)7-15-9-6-4-5-8(12(17)18)11(9)13(19)20;6-3-1-2-4(8)7-5(3)9;;;;1-3-5-7-9-11-13-15-17-18-16-14-12-10-8-6-4-2/h10-12,23H,6-9,13-15H2,1-5H3;4-6,12,20H,7-9H2,1-3H3,(H,21,23,25);4-6,15H,7H2,1-3H3,(H,17,18)(H,19,20);3H,1-2,6H2,(H,7,8,9);2*1H4;1H;. The van der Waals surface area contributed by atoms with E-state index in [0.717, 1.165) is 30.6 Å². The number of nitrogens with two attached hydrogens (primary N) is 1. The number of nitrogens with one attached hydrogen (secondary N) is 5. The zero-order chi connectivity index (χ0) is 78.9. The fourth-order valence-corrected chi connectivity index (χ4v) is 46.6. The Hall–Kier alpha value is -5.02. The van der Waals surface area contributed by atoms with E-state index in [2.05, 4.69) is 26.6 Å². The van der Waals surface area contributed by atoms with Gasteiger partial charge >= 0.3 is 41.8 Å². The summed E-state index contributed by atoms with van der Waals surface area (Å²) in [4.78, 5) is 154. The molecule has 0 saturated carbocycles. The minimum absolute atomic E-state index is 0. The van der Waals surface area contributed by atoms with Crippen LogP contribution < -0.4 is 32.3 Å². The van der Waals surface area contributed by atoms with Crippen molar-refractivity contribution in [3.05, 3.63) is 88.0 Å². The number of anilines is 3. The van der Waals surface area contributed by atoms with Crippen molar-refractivity contribution in [2.75, 3.05) is 48.8 Å². The van der Waals surface area contributed by atoms with E-state index < -0.39 is 99.9 Å². The van der Waals surface area contributed by atoms with Crippen molar-refractivity contribution >= 4 is 271 Å². The number of carboxylic acid groups (broad SMARTS) is 2. The van der Waals surface area contributed by atoms with Gasteiger partial charge in [0.1, 0.15) is 42.5 Å². The lowest BCUT2D eigenvalue weighted by atomic mass is 10.0. The number of rotatable bonds is 20. The lowest BCUT2D eigenvalue weighted by molar-refractivity contribution is -0.153. The fraction of sp³-hybridized carbons (Fsp3) is 0.500. The summed E-state index contributed by atoms with van der Waals surface area (Å²) in [6.45, 7) is 19.6. The van der Waals surface area contributed by atoms with Gasteiger partial charge in [-0.25, -0.2) is 19.2 Å². The molecule has 3 aliphatic heterocycles. The molecule has 3 aliphatic rings. The van der Waals surface area contributed by atoms with E-state index in [-0.39, 0.29) is 118 Å². The van der Waals surface area contributed by atoms with Gasteiger partial charge in [-0.05, 0) is 124 Å². The Kier molecular flexibility index (Phi) is 54.7. The first kappa shape index (κ1) is 105. The van der Waals surface area contributed by atoms with Crippen LogP contribution in [0.4, 0.5) is 17.1 Å². The summed E-state index contributed by atoms with van der Waals surface area (Å²) in [6, 6.07) is 11.8. The number of piperidine rings is 2. The van der Waals surface area contributed by atoms with Crippen molar-refractivity contribution in [3.63, 3.8) is 0 Å². The van der Waals surface area contributed by atoms with Gasteiger partial charge in [-0.1, -0.05) is 59.7 Å². The Morgan fingerprint density at radius 3 is 1.26 bits per heavy atom. The zero-order valence-corrected chi connectivity index (χ0v) is 74.1. The third-order valence-electron chi connectivity index (χ3n) is 12.2. The van der Waals surface area contributed by atoms with Crippen LogP contribution in [-0.4, -0.2) is 154 Å². The molecule has 0 radical (unpaired) electrons. The number of halogens is 1. The van der Waals surface area contributed by atoms with Gasteiger partial charge in [-0.3, -0.25) is 58.7 Å². The summed E-state index contributed by atoms with van der Waals surface area (Å²) in [6.07, 6.45) is 4.19. The molecular formula is C62H88ClN7O20S18. The number of hydrogen-bond acceptors (Lipinski definition) is 24. The molecule has 3 aromatic carbocycles. The van der Waals surface area contributed by atoms with Crippen LogP contribution in [0.15, 0.2) is 54.6 Å². The van der Waals surface area contributed by atoms with Crippen molar-refractivity contribution < 1.29 is 96.2 Å². The van der Waals surface area contributed by atoms with Gasteiger partial charge in [-0.15, -0.1) is 12.4 Å². The number of aromatic carboxylic acids is 2. The van der Waals surface area contributed by atoms with Crippen LogP contribution in [-0.2, 0) is 222 Å². The number of unbranched alkanes of at least 4 members (excludes halogenated alkanes) is 2. The molecule has 2 saturated heterocycles. The number of ether oxygens (including phenoxy) is 5. The highest BCUT2D eigenvalue weighted by Gasteiger charge is 2.46. The Balaban J connectivity index is 0. The van der Waals surface area contributed by atoms with E-state index >= 15 is 0 Å². The second-order valence-corrected chi connectivity index (χ2v) is 52.0. The molecule has 0 aromatic heterocycles. The van der Waals surface area contributed by atoms with Crippen molar-refractivity contribution in [2.24, 2.45) is 5.73 Å². The second-order valence-electron chi connectivity index (χ2n) is 23.7. The predicted octanol–water partition coefficient (Wildman–Crippen LogP) is 7.43. The van der Waals surface area contributed by atoms with Crippen LogP contribution >= 0.6 is 12.4 Å². The average Bonchev–Trinajstić information content (AvgIpc) is 1.60. The molecule has 46 heteroatoms. The number of imide groups is 3. The van der Waals surface area contributed by atoms with E-state index in [0.29, 0.717) is 24.2 Å². The minimum Gasteiger partial charge on any atom is -0.478 e. The van der Waals surface area contributed by atoms with Gasteiger partial charge in [0.05, 0.1) is 64.0 Å². The van der Waals surface area contributed by atoms with Crippen molar-refractivity contribution in [1.82, 2.24) is 15.5 Å². The van der Waals surface area contributed by atoms with Gasteiger partial charge in [0.15, 0.2) is 0 Å². The Labute approximate surface area is 689 Å². The predicted molar refractivity (Wildman–Crippen MR) is 467 cm³/mol. The molecule has 9 N–H and O–H groups in total. The number of benzene rings is 3. The SMILES string of the molecule is C.C.CC(C)(C)OC(=O)CNc1cccc(C(=O)O)c1C(=O)O.CC(C)(C)OC(=O)CNc1cccc2c1C(=O)N(C1CCC(=O)NC1=O)C2=O.CCCCOC(=O)c1cccc(NCC(=O)OC(C)(C)C)c1C(=O)OCCCC.Cl.NC1CCC(=O)NC1=O.S=S=S=S=S=S=S=S=S=S=S=S=S=S=S=S=S=S. The van der Waals surface area contributed by atoms with E-state index in [9.17, 15) is 62.3 Å². The number of hydrogen-bond donors (Lipinski definition) is 8. The normalized spacial score (nSPS) is 13.6. The van der Waals surface area contributed by atoms with E-state index in [1.165, 1.54) is 48.1 Å². The third kappa shape index (κ3) is 42.6. The maximum absolute atomic E-state index is 12.9. The lowest BCUT2D eigenvalue weighted by Crippen LogP contribution is -2.54. The highest BCUT2D eigenvalue weighted by molar-refractivity contribution is 8.77. The van der Waals surface area contributed by atoms with Gasteiger partial charge in [-0.2, -0.15) is 0 Å². The molecule has 2 unspecified atom stereocenters. The number of carboxylic acids is 2. The highest BCUT2D eigenvalue weighted by Crippen LogP contribution is 2.33. The summed E-state index contributed by atoms with van der Waals surface area (Å²) < 4.78 is 26.1. The smallest absolute Gasteiger partial charge is 0.341 e. The summed E-state index contributed by atoms with van der Waals surface area (Å²) in [5.74, 6) is -8.44. The summed E-state index contributed by atoms with van der Waals surface area (Å²) in [5.41, 5.74) is 3.69. The largest absolute Gasteiger partial charge is 0.478 e. The Morgan fingerprint density at radius 2 is 0.880 bits per heavy atom. The molecule has 27 nitrogen and oxygen atoms in total. The highest BCUT2D eigenvalue weighted by atomic mass is 35.5. The molecule has 0 spiro atoms. The van der Waals surface area contributed by atoms with Crippen molar-refractivity contribution in [1.29, 1.82) is 0 Å². The topological polar surface area (TPSA) is 398 Å². The lowest BCUT2D eigenvalue weighted by Gasteiger charge is -2.27. The number of carbonyl (C=O) groups is 13. The van der Waals surface area contributed by atoms with Crippen LogP contribution in [0, 0.1) is 0 Å². The molecule has 0 aliphatic carbocycles. The van der Waals surface area contributed by atoms with Gasteiger partial charge < -0.3 is 55.6 Å². The maximum atomic E-state index is 12.9. The van der Waals surface area contributed by atoms with Crippen LogP contribution in [0.25, 0.3) is 0 Å². The molecule has 108 heavy (non-hydrogen) atoms. The molecule has 2 atom stereocenters. The molecule has 6 amide bonds. The van der Waals surface area contributed by atoms with Gasteiger partial charge in [0.25, 0.3) is 11.8 Å². The zero-order valence-electron chi connectivity index (χ0n) is 58.6. The van der Waals surface area contributed by atoms with E-state index in [1.807, 2.05) is 13.8 Å². The Morgan fingerprint density at radius 1 is 0.509 bits per heavy atom. The third-order valence-corrected chi connectivity index (χ3v) is 45.5. The summed E-state index contributed by atoms with van der Waals surface area (Å²) in [5, 5.41) is 30.7. The van der Waals surface area contributed by atoms with Crippen molar-refractivity contribution in [2.45, 2.75) is 171 Å². The molecular weight excluding hydrogens is 1780 g/mol. The first-order chi connectivity index (χ1) is 49.5. The van der Waals surface area contributed by atoms with E-state index in [4.69, 9.17) is 62.0 Å². The summed E-state index contributed by atoms with van der Waals surface area (Å²) in [7, 11) is 27.2. The summed E-state index contributed by atoms with van der Waals surface area (Å²) >= 11 is 9.49. The molecule has 6 rings (SSSR count). The number of fused-ring (bicyclic) bond motifs is 1. The van der Waals surface area contributed by atoms with Crippen LogP contribution in [0.5, 0.6) is 0 Å². The first-order valence-corrected chi connectivity index (χ1v) is 53.5. The van der Waals surface area contributed by atoms with Crippen LogP contribution in [0.1, 0.15) is 205 Å². The number of carbonyl (C=O) groups excluding carboxylic acids is 11. The maximum Gasteiger partial charge on any atom is 0.341 e. The second kappa shape index (κ2) is 56.2. The molecule has 3 heterocycles. The quantitative estimate of drug-likeness (QED) is 0.0236. The molecule has 2 fully saturated rings. The van der Waals surface area contributed by atoms with Crippen LogP contribution in [0.2, 0.25) is 0 Å². The first-order valence-electron chi connectivity index (χ1n) is 30.8. The van der Waals surface area contributed by atoms with Gasteiger partial charge in [0, 0.05) is 183 Å². The number of esters is 5. The molecule has 0 bridgehead atoms. The van der Waals surface area contributed by atoms with E-state index in [1.54, 1.807) is 211 Å². The molecule has 3 aromatic rings. The fourth-order valence-electron chi connectivity index (χ4n) is 8.13. The monoisotopic (exact) mass is 1860 g/mol. The number of amides is 6. The average molecular weight is 1860 g/mol. The number of nitrogens with zero attached hydrogens (tertiary/aromatic N) is 1. The minimum atomic E-state index is -1.39. The molecule has 606 valence electrons. The van der Waals surface area contributed by atoms with Gasteiger partial charge in [0.2, 0.25) is 23.6 Å². The van der Waals surface area contributed by atoms with Crippen LogP contribution in [0.3, 0.4) is 0 Å². The Bertz CT molecular complexity index is 4450. The van der Waals surface area contributed by atoms with Crippen molar-refractivity contribution in [3.8, 4) is 0 Å².